The van der Waals surface area contributed by atoms with Gasteiger partial charge in [0.1, 0.15) is 0 Å². The lowest BCUT2D eigenvalue weighted by atomic mass is 9.89. The smallest absolute Gasteiger partial charge is 0.191 e. The number of aryl methyl sites for hydroxylation is 3. The van der Waals surface area contributed by atoms with Gasteiger partial charge in [-0.15, -0.1) is 0 Å². The molecule has 1 N–H and O–H groups in total. The molecule has 0 aromatic carbocycles. The minimum absolute atomic E-state index is 0.522. The Morgan fingerprint density at radius 2 is 0.913 bits per heavy atom. The first-order valence-corrected chi connectivity index (χ1v) is 7.55. The molecule has 0 aliphatic carbocycles. The summed E-state index contributed by atoms with van der Waals surface area (Å²) in [7, 11) is 0. The van der Waals surface area contributed by atoms with Crippen LogP contribution in [0.5, 0.6) is 0 Å². The molecule has 0 bridgehead atoms. The van der Waals surface area contributed by atoms with Gasteiger partial charge in [0.2, 0.25) is 0 Å². The van der Waals surface area contributed by atoms with E-state index in [-0.39, 0.29) is 0 Å². The van der Waals surface area contributed by atoms with Crippen LogP contribution in [0.3, 0.4) is 0 Å². The Morgan fingerprint density at radius 3 is 1.17 bits per heavy atom. The number of aromatic nitrogens is 3. The van der Waals surface area contributed by atoms with Crippen LogP contribution in [0.1, 0.15) is 34.2 Å². The molecule has 0 fully saturated rings. The topological polar surface area (TPSA) is 58.9 Å². The summed E-state index contributed by atoms with van der Waals surface area (Å²) in [6, 6.07) is 16.8. The summed E-state index contributed by atoms with van der Waals surface area (Å²) in [5, 5.41) is 11.6. The third-order valence-electron chi connectivity index (χ3n) is 3.78. The van der Waals surface area contributed by atoms with Crippen LogP contribution < -0.4 is 0 Å². The van der Waals surface area contributed by atoms with Gasteiger partial charge < -0.3 is 5.11 Å². The number of hydrogen-bond acceptors (Lipinski definition) is 4. The fourth-order valence-corrected chi connectivity index (χ4v) is 2.63. The highest BCUT2D eigenvalue weighted by Gasteiger charge is 2.38. The van der Waals surface area contributed by atoms with Crippen LogP contribution in [-0.4, -0.2) is 20.1 Å². The maximum atomic E-state index is 11.6. The van der Waals surface area contributed by atoms with Gasteiger partial charge in [-0.25, -0.2) is 0 Å². The standard InChI is InChI=1S/C19H19N3O/c1-13-7-4-10-16(20-13)19(23,17-11-5-8-14(2)21-17)18-12-6-9-15(3)22-18/h4-12,23H,1-3H3. The second-order valence-electron chi connectivity index (χ2n) is 5.70. The van der Waals surface area contributed by atoms with Crippen molar-refractivity contribution in [3.05, 3.63) is 88.8 Å². The average Bonchev–Trinajstić information content (AvgIpc) is 2.54. The van der Waals surface area contributed by atoms with E-state index in [0.29, 0.717) is 17.1 Å². The second kappa shape index (κ2) is 5.89. The fourth-order valence-electron chi connectivity index (χ4n) is 2.63. The van der Waals surface area contributed by atoms with Gasteiger partial charge in [0.15, 0.2) is 5.60 Å². The predicted molar refractivity (Wildman–Crippen MR) is 89.0 cm³/mol. The molecular formula is C19H19N3O. The lowest BCUT2D eigenvalue weighted by molar-refractivity contribution is 0.110. The molecule has 0 saturated carbocycles. The van der Waals surface area contributed by atoms with E-state index in [9.17, 15) is 5.11 Å². The van der Waals surface area contributed by atoms with Crippen molar-refractivity contribution in [2.24, 2.45) is 0 Å². The zero-order valence-electron chi connectivity index (χ0n) is 13.5. The molecule has 0 spiro atoms. The monoisotopic (exact) mass is 305 g/mol. The Hall–Kier alpha value is -2.59. The molecule has 0 radical (unpaired) electrons. The molecule has 116 valence electrons. The van der Waals surface area contributed by atoms with Crippen LogP contribution in [0.15, 0.2) is 54.6 Å². The third kappa shape index (κ3) is 2.85. The summed E-state index contributed by atoms with van der Waals surface area (Å²) in [6.45, 7) is 5.70. The summed E-state index contributed by atoms with van der Waals surface area (Å²) < 4.78 is 0. The Kier molecular flexibility index (Phi) is 3.92. The first-order chi connectivity index (χ1) is 11.0. The quantitative estimate of drug-likeness (QED) is 0.808. The van der Waals surface area contributed by atoms with E-state index in [1.54, 1.807) is 18.2 Å². The fraction of sp³-hybridized carbons (Fsp3) is 0.211. The van der Waals surface area contributed by atoms with E-state index in [1.165, 1.54) is 0 Å². The van der Waals surface area contributed by atoms with Gasteiger partial charge in [-0.05, 0) is 57.2 Å². The third-order valence-corrected chi connectivity index (χ3v) is 3.78. The van der Waals surface area contributed by atoms with Crippen molar-refractivity contribution in [2.75, 3.05) is 0 Å². The highest BCUT2D eigenvalue weighted by molar-refractivity contribution is 5.39. The molecule has 3 aromatic rings. The van der Waals surface area contributed by atoms with Gasteiger partial charge >= 0.3 is 0 Å². The van der Waals surface area contributed by atoms with E-state index >= 15 is 0 Å². The molecular weight excluding hydrogens is 286 g/mol. The van der Waals surface area contributed by atoms with Gasteiger partial charge in [-0.2, -0.15) is 0 Å². The second-order valence-corrected chi connectivity index (χ2v) is 5.70. The van der Waals surface area contributed by atoms with Crippen LogP contribution in [0.2, 0.25) is 0 Å². The van der Waals surface area contributed by atoms with E-state index < -0.39 is 5.60 Å². The molecule has 23 heavy (non-hydrogen) atoms. The summed E-state index contributed by atoms with van der Waals surface area (Å²) in [4.78, 5) is 13.6. The molecule has 4 nitrogen and oxygen atoms in total. The van der Waals surface area contributed by atoms with Crippen molar-refractivity contribution >= 4 is 0 Å². The number of nitrogens with zero attached hydrogens (tertiary/aromatic N) is 3. The highest BCUT2D eigenvalue weighted by Crippen LogP contribution is 2.33. The predicted octanol–water partition coefficient (Wildman–Crippen LogP) is 3.08. The van der Waals surface area contributed by atoms with E-state index in [4.69, 9.17) is 0 Å². The number of aliphatic hydroxyl groups is 1. The summed E-state index contributed by atoms with van der Waals surface area (Å²) in [5.41, 5.74) is 2.59. The molecule has 3 aromatic heterocycles. The molecule has 3 heterocycles. The molecule has 0 aliphatic heterocycles. The lowest BCUT2D eigenvalue weighted by Crippen LogP contribution is -2.32. The van der Waals surface area contributed by atoms with E-state index in [1.807, 2.05) is 57.2 Å². The van der Waals surface area contributed by atoms with Crippen molar-refractivity contribution in [3.8, 4) is 0 Å². The van der Waals surface area contributed by atoms with Crippen molar-refractivity contribution in [1.82, 2.24) is 15.0 Å². The molecule has 0 atom stereocenters. The molecule has 0 amide bonds. The van der Waals surface area contributed by atoms with Crippen molar-refractivity contribution in [2.45, 2.75) is 26.4 Å². The van der Waals surface area contributed by atoms with Gasteiger partial charge in [-0.3, -0.25) is 15.0 Å². The molecule has 0 aliphatic rings. The van der Waals surface area contributed by atoms with E-state index in [0.717, 1.165) is 17.1 Å². The van der Waals surface area contributed by atoms with Gasteiger partial charge in [0, 0.05) is 17.1 Å². The van der Waals surface area contributed by atoms with Crippen LogP contribution >= 0.6 is 0 Å². The van der Waals surface area contributed by atoms with Crippen LogP contribution in [0, 0.1) is 20.8 Å². The maximum absolute atomic E-state index is 11.6. The molecule has 4 heteroatoms. The van der Waals surface area contributed by atoms with Crippen molar-refractivity contribution < 1.29 is 5.11 Å². The van der Waals surface area contributed by atoms with Crippen LogP contribution in [-0.2, 0) is 5.60 Å². The van der Waals surface area contributed by atoms with Gasteiger partial charge in [-0.1, -0.05) is 18.2 Å². The van der Waals surface area contributed by atoms with Crippen LogP contribution in [0.4, 0.5) is 0 Å². The Balaban J connectivity index is 2.29. The number of hydrogen-bond donors (Lipinski definition) is 1. The largest absolute Gasteiger partial charge is 0.372 e. The zero-order valence-corrected chi connectivity index (χ0v) is 13.5. The SMILES string of the molecule is Cc1cccc(C(O)(c2cccc(C)n2)c2cccc(C)n2)n1. The number of pyridine rings is 3. The normalized spacial score (nSPS) is 11.5. The Labute approximate surface area is 135 Å². The minimum atomic E-state index is -1.48. The minimum Gasteiger partial charge on any atom is -0.372 e. The van der Waals surface area contributed by atoms with Crippen molar-refractivity contribution in [3.63, 3.8) is 0 Å². The van der Waals surface area contributed by atoms with Gasteiger partial charge in [0.25, 0.3) is 0 Å². The number of rotatable bonds is 3. The van der Waals surface area contributed by atoms with Gasteiger partial charge in [0.05, 0.1) is 17.1 Å². The van der Waals surface area contributed by atoms with E-state index in [2.05, 4.69) is 15.0 Å². The lowest BCUT2D eigenvalue weighted by Gasteiger charge is -2.27. The average molecular weight is 305 g/mol. The highest BCUT2D eigenvalue weighted by atomic mass is 16.3. The molecule has 0 unspecified atom stereocenters. The van der Waals surface area contributed by atoms with Crippen molar-refractivity contribution in [1.29, 1.82) is 0 Å². The zero-order chi connectivity index (χ0) is 16.4. The van der Waals surface area contributed by atoms with Crippen LogP contribution in [0.25, 0.3) is 0 Å². The summed E-state index contributed by atoms with van der Waals surface area (Å²) in [6.07, 6.45) is 0. The first kappa shape index (κ1) is 15.3. The summed E-state index contributed by atoms with van der Waals surface area (Å²) in [5.74, 6) is 0. The molecule has 3 rings (SSSR count). The Morgan fingerprint density at radius 1 is 0.609 bits per heavy atom. The molecule has 0 saturated heterocycles. The summed E-state index contributed by atoms with van der Waals surface area (Å²) >= 11 is 0. The Bertz CT molecular complexity index is 734. The maximum Gasteiger partial charge on any atom is 0.191 e. The first-order valence-electron chi connectivity index (χ1n) is 7.55.